The molecule has 5 nitrogen and oxygen atoms in total. The molecule has 0 bridgehead atoms. The Kier molecular flexibility index (Phi) is 7.73. The highest BCUT2D eigenvalue weighted by Crippen LogP contribution is 2.27. The summed E-state index contributed by atoms with van der Waals surface area (Å²) < 4.78 is 16.5. The van der Waals surface area contributed by atoms with Crippen molar-refractivity contribution in [3.63, 3.8) is 0 Å². The van der Waals surface area contributed by atoms with Crippen LogP contribution >= 0.6 is 0 Å². The predicted molar refractivity (Wildman–Crippen MR) is 119 cm³/mol. The minimum absolute atomic E-state index is 0.486. The van der Waals surface area contributed by atoms with Crippen LogP contribution in [0.15, 0.2) is 49.1 Å². The van der Waals surface area contributed by atoms with Gasteiger partial charge in [-0.1, -0.05) is 30.9 Å². The first kappa shape index (κ1) is 21.0. The van der Waals surface area contributed by atoms with Gasteiger partial charge in [-0.2, -0.15) is 0 Å². The van der Waals surface area contributed by atoms with Gasteiger partial charge in [-0.05, 0) is 41.3 Å². The van der Waals surface area contributed by atoms with Crippen molar-refractivity contribution in [2.45, 2.75) is 6.54 Å². The SMILES string of the molecule is C=CCOc1cc(/C=C/c2ccc(OC)cc2OC)cc(CNCC2CNC2)c1. The smallest absolute Gasteiger partial charge is 0.129 e. The molecule has 154 valence electrons. The van der Waals surface area contributed by atoms with Gasteiger partial charge in [-0.15, -0.1) is 0 Å². The predicted octanol–water partition coefficient (Wildman–Crippen LogP) is 3.75. The van der Waals surface area contributed by atoms with Gasteiger partial charge in [0, 0.05) is 37.8 Å². The molecular weight excluding hydrogens is 364 g/mol. The molecule has 1 fully saturated rings. The molecule has 0 spiro atoms. The van der Waals surface area contributed by atoms with Crippen molar-refractivity contribution in [2.24, 2.45) is 5.92 Å². The molecule has 5 heteroatoms. The van der Waals surface area contributed by atoms with E-state index in [-0.39, 0.29) is 0 Å². The van der Waals surface area contributed by atoms with Crippen molar-refractivity contribution in [1.82, 2.24) is 10.6 Å². The van der Waals surface area contributed by atoms with E-state index < -0.39 is 0 Å². The molecule has 1 aliphatic rings. The third kappa shape index (κ3) is 6.11. The number of hydrogen-bond acceptors (Lipinski definition) is 5. The second kappa shape index (κ2) is 10.7. The van der Waals surface area contributed by atoms with Crippen LogP contribution in [0.4, 0.5) is 0 Å². The number of benzene rings is 2. The molecule has 0 unspecified atom stereocenters. The summed E-state index contributed by atoms with van der Waals surface area (Å²) in [6, 6.07) is 12.1. The van der Waals surface area contributed by atoms with Crippen molar-refractivity contribution in [1.29, 1.82) is 0 Å². The first-order chi connectivity index (χ1) is 14.2. The lowest BCUT2D eigenvalue weighted by Crippen LogP contribution is -2.47. The summed E-state index contributed by atoms with van der Waals surface area (Å²) in [6.07, 6.45) is 5.87. The second-order valence-electron chi connectivity index (χ2n) is 7.11. The Balaban J connectivity index is 1.76. The van der Waals surface area contributed by atoms with Gasteiger partial charge in [0.25, 0.3) is 0 Å². The molecule has 1 aliphatic heterocycles. The second-order valence-corrected chi connectivity index (χ2v) is 7.11. The summed E-state index contributed by atoms with van der Waals surface area (Å²) >= 11 is 0. The van der Waals surface area contributed by atoms with Crippen LogP contribution in [0.25, 0.3) is 12.2 Å². The molecule has 2 N–H and O–H groups in total. The van der Waals surface area contributed by atoms with Gasteiger partial charge in [0.05, 0.1) is 14.2 Å². The monoisotopic (exact) mass is 394 g/mol. The normalized spacial score (nSPS) is 13.9. The van der Waals surface area contributed by atoms with E-state index in [0.29, 0.717) is 6.61 Å². The van der Waals surface area contributed by atoms with Gasteiger partial charge < -0.3 is 24.8 Å². The Morgan fingerprint density at radius 1 is 1.07 bits per heavy atom. The van der Waals surface area contributed by atoms with E-state index in [1.54, 1.807) is 20.3 Å². The molecule has 0 saturated carbocycles. The topological polar surface area (TPSA) is 51.8 Å². The molecule has 0 aromatic heterocycles. The Morgan fingerprint density at radius 2 is 1.93 bits per heavy atom. The highest BCUT2D eigenvalue weighted by Gasteiger charge is 2.15. The maximum absolute atomic E-state index is 5.79. The fourth-order valence-corrected chi connectivity index (χ4v) is 3.18. The molecule has 1 saturated heterocycles. The molecule has 0 amide bonds. The van der Waals surface area contributed by atoms with Crippen LogP contribution in [0, 0.1) is 5.92 Å². The van der Waals surface area contributed by atoms with Gasteiger partial charge in [0.2, 0.25) is 0 Å². The first-order valence-corrected chi connectivity index (χ1v) is 9.91. The standard InChI is InChI=1S/C24H30N2O3/c1-4-9-29-23-11-18(10-19(12-23)14-25-15-20-16-26-17-20)5-6-21-7-8-22(27-2)13-24(21)28-3/h4-8,10-13,20,25-26H,1,9,14-17H2,2-3H3/b6-5+. The lowest BCUT2D eigenvalue weighted by molar-refractivity contribution is 0.331. The van der Waals surface area contributed by atoms with Gasteiger partial charge in [-0.25, -0.2) is 0 Å². The first-order valence-electron chi connectivity index (χ1n) is 9.91. The van der Waals surface area contributed by atoms with E-state index in [9.17, 15) is 0 Å². The van der Waals surface area contributed by atoms with Crippen LogP contribution < -0.4 is 24.8 Å². The van der Waals surface area contributed by atoms with Gasteiger partial charge in [-0.3, -0.25) is 0 Å². The minimum atomic E-state index is 0.486. The van der Waals surface area contributed by atoms with Crippen molar-refractivity contribution >= 4 is 12.2 Å². The molecular formula is C24H30N2O3. The highest BCUT2D eigenvalue weighted by atomic mass is 16.5. The van der Waals surface area contributed by atoms with Gasteiger partial charge in [0.1, 0.15) is 23.9 Å². The zero-order chi connectivity index (χ0) is 20.5. The molecule has 1 heterocycles. The van der Waals surface area contributed by atoms with Gasteiger partial charge >= 0.3 is 0 Å². The molecule has 0 radical (unpaired) electrons. The van der Waals surface area contributed by atoms with E-state index in [1.807, 2.05) is 30.3 Å². The lowest BCUT2D eigenvalue weighted by atomic mass is 10.0. The van der Waals surface area contributed by atoms with Crippen LogP contribution in [0.5, 0.6) is 17.2 Å². The van der Waals surface area contributed by atoms with E-state index in [1.165, 1.54) is 5.56 Å². The Morgan fingerprint density at radius 3 is 2.62 bits per heavy atom. The van der Waals surface area contributed by atoms with Crippen molar-refractivity contribution < 1.29 is 14.2 Å². The lowest BCUT2D eigenvalue weighted by Gasteiger charge is -2.27. The number of ether oxygens (including phenoxy) is 3. The quantitative estimate of drug-likeness (QED) is 0.449. The summed E-state index contributed by atoms with van der Waals surface area (Å²) in [4.78, 5) is 0. The van der Waals surface area contributed by atoms with E-state index in [4.69, 9.17) is 14.2 Å². The van der Waals surface area contributed by atoms with Crippen molar-refractivity contribution in [3.05, 3.63) is 65.7 Å². The molecule has 2 aromatic rings. The number of methoxy groups -OCH3 is 2. The summed E-state index contributed by atoms with van der Waals surface area (Å²) in [7, 11) is 3.31. The average molecular weight is 395 g/mol. The third-order valence-electron chi connectivity index (χ3n) is 4.88. The van der Waals surface area contributed by atoms with Gasteiger partial charge in [0.15, 0.2) is 0 Å². The van der Waals surface area contributed by atoms with Crippen molar-refractivity contribution in [3.8, 4) is 17.2 Å². The molecule has 29 heavy (non-hydrogen) atoms. The average Bonchev–Trinajstić information content (AvgIpc) is 2.72. The van der Waals surface area contributed by atoms with Crippen LogP contribution in [0.3, 0.4) is 0 Å². The third-order valence-corrected chi connectivity index (χ3v) is 4.88. The van der Waals surface area contributed by atoms with E-state index in [2.05, 4.69) is 35.4 Å². The minimum Gasteiger partial charge on any atom is -0.497 e. The van der Waals surface area contributed by atoms with Crippen LogP contribution in [-0.4, -0.2) is 40.5 Å². The number of nitrogens with one attached hydrogen (secondary N) is 2. The van der Waals surface area contributed by atoms with Crippen LogP contribution in [-0.2, 0) is 6.54 Å². The zero-order valence-electron chi connectivity index (χ0n) is 17.2. The van der Waals surface area contributed by atoms with E-state index in [0.717, 1.165) is 60.5 Å². The van der Waals surface area contributed by atoms with E-state index >= 15 is 0 Å². The summed E-state index contributed by atoms with van der Waals surface area (Å²) in [5, 5.41) is 6.85. The van der Waals surface area contributed by atoms with Crippen LogP contribution in [0.2, 0.25) is 0 Å². The highest BCUT2D eigenvalue weighted by molar-refractivity contribution is 5.73. The molecule has 3 rings (SSSR count). The molecule has 0 aliphatic carbocycles. The van der Waals surface area contributed by atoms with Crippen molar-refractivity contribution in [2.75, 3.05) is 40.5 Å². The summed E-state index contributed by atoms with van der Waals surface area (Å²) in [6.45, 7) is 8.27. The largest absolute Gasteiger partial charge is 0.497 e. The fraction of sp³-hybridized carbons (Fsp3) is 0.333. The Bertz CT molecular complexity index is 844. The summed E-state index contributed by atoms with van der Waals surface area (Å²) in [5.41, 5.74) is 3.26. The number of hydrogen-bond donors (Lipinski definition) is 2. The maximum Gasteiger partial charge on any atom is 0.129 e. The Hall–Kier alpha value is -2.76. The number of rotatable bonds is 11. The Labute approximate surface area is 173 Å². The maximum atomic E-state index is 5.79. The molecule has 0 atom stereocenters. The molecule has 2 aromatic carbocycles. The summed E-state index contributed by atoms with van der Waals surface area (Å²) in [5.74, 6) is 3.12. The zero-order valence-corrected chi connectivity index (χ0v) is 17.2. The van der Waals surface area contributed by atoms with Crippen LogP contribution in [0.1, 0.15) is 16.7 Å². The fourth-order valence-electron chi connectivity index (χ4n) is 3.18.